The Morgan fingerprint density at radius 3 is 2.90 bits per heavy atom. The van der Waals surface area contributed by atoms with E-state index in [0.29, 0.717) is 17.0 Å². The molecule has 1 aliphatic rings. The summed E-state index contributed by atoms with van der Waals surface area (Å²) in [5, 5.41) is 2.18. The van der Waals surface area contributed by atoms with Crippen molar-refractivity contribution in [3.05, 3.63) is 57.8 Å². The smallest absolute Gasteiger partial charge is 0.262 e. The first-order valence-corrected chi connectivity index (χ1v) is 7.43. The summed E-state index contributed by atoms with van der Waals surface area (Å²) in [4.78, 5) is 11.3. The molecule has 1 heterocycles. The molecule has 108 valence electrons. The first-order chi connectivity index (χ1) is 10.0. The maximum atomic E-state index is 13.4. The normalized spacial score (nSPS) is 14.9. The van der Waals surface area contributed by atoms with Gasteiger partial charge in [-0.15, -0.1) is 11.6 Å². The van der Waals surface area contributed by atoms with E-state index < -0.39 is 5.38 Å². The lowest BCUT2D eigenvalue weighted by Crippen LogP contribution is -2.25. The van der Waals surface area contributed by atoms with E-state index in [1.807, 2.05) is 0 Å². The van der Waals surface area contributed by atoms with Crippen molar-refractivity contribution in [2.45, 2.75) is 5.38 Å². The number of fused-ring (bicyclic) bond motifs is 1. The van der Waals surface area contributed by atoms with Crippen LogP contribution in [0.25, 0.3) is 0 Å². The summed E-state index contributed by atoms with van der Waals surface area (Å²) < 4.78 is 19.4. The van der Waals surface area contributed by atoms with E-state index in [9.17, 15) is 9.18 Å². The second kappa shape index (κ2) is 5.66. The second-order valence-corrected chi connectivity index (χ2v) is 5.91. The number of carbonyl (C=O) groups excluding carboxylic acids is 1. The third kappa shape index (κ3) is 2.89. The van der Waals surface area contributed by atoms with E-state index in [2.05, 4.69) is 21.2 Å². The molecule has 0 radical (unpaired) electrons. The molecule has 1 N–H and O–H groups in total. The zero-order valence-corrected chi connectivity index (χ0v) is 13.0. The molecule has 21 heavy (non-hydrogen) atoms. The zero-order chi connectivity index (χ0) is 15.0. The molecule has 3 nitrogen and oxygen atoms in total. The number of halogens is 3. The molecule has 1 aliphatic heterocycles. The minimum absolute atomic E-state index is 0.00605. The van der Waals surface area contributed by atoms with Gasteiger partial charge in [-0.2, -0.15) is 0 Å². The average molecular weight is 371 g/mol. The standard InChI is InChI=1S/C15H10BrClFNO2/c16-11-3-2-9(18)6-10(11)15(17)8-1-4-13-12(5-8)19-14(20)7-21-13/h1-6,15H,7H2,(H,19,20). The number of alkyl halides is 1. The van der Waals surface area contributed by atoms with E-state index in [-0.39, 0.29) is 18.3 Å². The van der Waals surface area contributed by atoms with Crippen LogP contribution in [-0.2, 0) is 4.79 Å². The third-order valence-corrected chi connectivity index (χ3v) is 4.37. The highest BCUT2D eigenvalue weighted by atomic mass is 79.9. The molecule has 3 rings (SSSR count). The van der Waals surface area contributed by atoms with Crippen molar-refractivity contribution in [1.29, 1.82) is 0 Å². The molecule has 0 saturated carbocycles. The maximum absolute atomic E-state index is 13.4. The lowest BCUT2D eigenvalue weighted by Gasteiger charge is -2.20. The SMILES string of the molecule is O=C1COc2ccc(C(Cl)c3cc(F)ccc3Br)cc2N1. The molecule has 2 aromatic rings. The quantitative estimate of drug-likeness (QED) is 0.803. The molecular formula is C15H10BrClFNO2. The zero-order valence-electron chi connectivity index (χ0n) is 10.7. The van der Waals surface area contributed by atoms with Crippen molar-refractivity contribution in [3.63, 3.8) is 0 Å². The van der Waals surface area contributed by atoms with E-state index in [4.69, 9.17) is 16.3 Å². The predicted octanol–water partition coefficient (Wildman–Crippen LogP) is 4.25. The minimum Gasteiger partial charge on any atom is -0.482 e. The molecule has 0 fully saturated rings. The van der Waals surface area contributed by atoms with Gasteiger partial charge in [-0.25, -0.2) is 4.39 Å². The number of benzene rings is 2. The molecule has 0 aliphatic carbocycles. The topological polar surface area (TPSA) is 38.3 Å². The van der Waals surface area contributed by atoms with Crippen LogP contribution in [0.2, 0.25) is 0 Å². The molecule has 0 aromatic heterocycles. The van der Waals surface area contributed by atoms with Gasteiger partial charge in [-0.05, 0) is 41.5 Å². The Labute approximate surface area is 134 Å². The molecule has 2 aromatic carbocycles. The van der Waals surface area contributed by atoms with E-state index >= 15 is 0 Å². The number of carbonyl (C=O) groups is 1. The number of rotatable bonds is 2. The van der Waals surface area contributed by atoms with Crippen LogP contribution in [-0.4, -0.2) is 12.5 Å². The Kier molecular flexibility index (Phi) is 3.87. The number of anilines is 1. The number of hydrogen-bond acceptors (Lipinski definition) is 2. The predicted molar refractivity (Wildman–Crippen MR) is 82.4 cm³/mol. The number of nitrogens with one attached hydrogen (secondary N) is 1. The number of ether oxygens (including phenoxy) is 1. The molecule has 0 saturated heterocycles. The van der Waals surface area contributed by atoms with Gasteiger partial charge in [0.2, 0.25) is 0 Å². The lowest BCUT2D eigenvalue weighted by atomic mass is 10.0. The average Bonchev–Trinajstić information content (AvgIpc) is 2.48. The molecular weight excluding hydrogens is 361 g/mol. The van der Waals surface area contributed by atoms with Crippen LogP contribution in [0.1, 0.15) is 16.5 Å². The Morgan fingerprint density at radius 2 is 2.10 bits per heavy atom. The molecule has 1 unspecified atom stereocenters. The van der Waals surface area contributed by atoms with E-state index in [1.165, 1.54) is 12.1 Å². The van der Waals surface area contributed by atoms with E-state index in [0.717, 1.165) is 10.0 Å². The summed E-state index contributed by atoms with van der Waals surface area (Å²) in [6, 6.07) is 9.64. The van der Waals surface area contributed by atoms with Crippen molar-refractivity contribution in [3.8, 4) is 5.75 Å². The van der Waals surface area contributed by atoms with Crippen molar-refractivity contribution < 1.29 is 13.9 Å². The number of hydrogen-bond donors (Lipinski definition) is 1. The summed E-state index contributed by atoms with van der Waals surface area (Å²) in [7, 11) is 0. The third-order valence-electron chi connectivity index (χ3n) is 3.16. The highest BCUT2D eigenvalue weighted by molar-refractivity contribution is 9.10. The van der Waals surface area contributed by atoms with Gasteiger partial charge < -0.3 is 10.1 Å². The van der Waals surface area contributed by atoms with Crippen LogP contribution in [0.3, 0.4) is 0 Å². The fourth-order valence-electron chi connectivity index (χ4n) is 2.15. The van der Waals surface area contributed by atoms with Gasteiger partial charge in [-0.1, -0.05) is 22.0 Å². The first-order valence-electron chi connectivity index (χ1n) is 6.20. The van der Waals surface area contributed by atoms with Crippen LogP contribution < -0.4 is 10.1 Å². The molecule has 1 amide bonds. The van der Waals surface area contributed by atoms with Crippen molar-refractivity contribution in [1.82, 2.24) is 0 Å². The maximum Gasteiger partial charge on any atom is 0.262 e. The van der Waals surface area contributed by atoms with E-state index in [1.54, 1.807) is 24.3 Å². The summed E-state index contributed by atoms with van der Waals surface area (Å²) in [6.07, 6.45) is 0. The molecule has 0 bridgehead atoms. The molecule has 6 heteroatoms. The fourth-order valence-corrected chi connectivity index (χ4v) is 3.07. The van der Waals surface area contributed by atoms with Gasteiger partial charge in [0.1, 0.15) is 11.6 Å². The van der Waals surface area contributed by atoms with Crippen LogP contribution in [0.4, 0.5) is 10.1 Å². The first kappa shape index (κ1) is 14.4. The van der Waals surface area contributed by atoms with Crippen LogP contribution >= 0.6 is 27.5 Å². The largest absolute Gasteiger partial charge is 0.482 e. The van der Waals surface area contributed by atoms with Crippen molar-refractivity contribution >= 4 is 39.1 Å². The van der Waals surface area contributed by atoms with Crippen molar-refractivity contribution in [2.24, 2.45) is 0 Å². The Bertz CT molecular complexity index is 723. The van der Waals surface area contributed by atoms with Gasteiger partial charge >= 0.3 is 0 Å². The van der Waals surface area contributed by atoms with Gasteiger partial charge in [0.05, 0.1) is 11.1 Å². The van der Waals surface area contributed by atoms with Crippen LogP contribution in [0.15, 0.2) is 40.9 Å². The summed E-state index contributed by atoms with van der Waals surface area (Å²) in [5.74, 6) is 0.0340. The monoisotopic (exact) mass is 369 g/mol. The Balaban J connectivity index is 1.98. The van der Waals surface area contributed by atoms with Crippen LogP contribution in [0, 0.1) is 5.82 Å². The Hall–Kier alpha value is -1.59. The molecule has 1 atom stereocenters. The highest BCUT2D eigenvalue weighted by Gasteiger charge is 2.20. The number of amides is 1. The summed E-state index contributed by atoms with van der Waals surface area (Å²) in [5.41, 5.74) is 1.94. The van der Waals surface area contributed by atoms with Crippen molar-refractivity contribution in [2.75, 3.05) is 11.9 Å². The van der Waals surface area contributed by atoms with Gasteiger partial charge in [0.25, 0.3) is 5.91 Å². The minimum atomic E-state index is -0.542. The van der Waals surface area contributed by atoms with Gasteiger partial charge in [0, 0.05) is 4.47 Å². The van der Waals surface area contributed by atoms with Gasteiger partial charge in [-0.3, -0.25) is 4.79 Å². The highest BCUT2D eigenvalue weighted by Crippen LogP contribution is 2.38. The van der Waals surface area contributed by atoms with Crippen LogP contribution in [0.5, 0.6) is 5.75 Å². The fraction of sp³-hybridized carbons (Fsp3) is 0.133. The summed E-state index contributed by atoms with van der Waals surface area (Å²) in [6.45, 7) is 0.00605. The Morgan fingerprint density at radius 1 is 1.29 bits per heavy atom. The second-order valence-electron chi connectivity index (χ2n) is 4.62. The summed E-state index contributed by atoms with van der Waals surface area (Å²) >= 11 is 9.80. The molecule has 0 spiro atoms. The lowest BCUT2D eigenvalue weighted by molar-refractivity contribution is -0.118. The van der Waals surface area contributed by atoms with Gasteiger partial charge in [0.15, 0.2) is 6.61 Å².